The van der Waals surface area contributed by atoms with E-state index in [4.69, 9.17) is 0 Å². The number of carbonyl (C=O) groups excluding carboxylic acids is 1. The summed E-state index contributed by atoms with van der Waals surface area (Å²) >= 11 is 0. The van der Waals surface area contributed by atoms with E-state index in [0.29, 0.717) is 5.92 Å². The number of piperidine rings is 1. The van der Waals surface area contributed by atoms with Crippen molar-refractivity contribution in [1.29, 1.82) is 0 Å². The molecular formula is C15H19NO. The van der Waals surface area contributed by atoms with Crippen LogP contribution < -0.4 is 0 Å². The van der Waals surface area contributed by atoms with Crippen molar-refractivity contribution in [2.75, 3.05) is 13.1 Å². The van der Waals surface area contributed by atoms with E-state index in [-0.39, 0.29) is 5.91 Å². The highest BCUT2D eigenvalue weighted by Crippen LogP contribution is 2.21. The monoisotopic (exact) mass is 229 g/mol. The molecule has 0 aromatic heterocycles. The molecule has 0 N–H and O–H groups in total. The first-order valence-electron chi connectivity index (χ1n) is 6.25. The Hall–Kier alpha value is -1.57. The Labute approximate surface area is 103 Å². The summed E-state index contributed by atoms with van der Waals surface area (Å²) in [5, 5.41) is 0. The summed E-state index contributed by atoms with van der Waals surface area (Å²) < 4.78 is 0. The van der Waals surface area contributed by atoms with Gasteiger partial charge in [-0.2, -0.15) is 0 Å². The third-order valence-electron chi connectivity index (χ3n) is 3.47. The van der Waals surface area contributed by atoms with Crippen LogP contribution in [-0.4, -0.2) is 23.9 Å². The standard InChI is InChI=1S/C15H19NO/c1-2-15(17)16-10-8-14(9-11-16)12-13-6-4-3-5-7-13/h2-7,14H,1,8-12H2. The molecule has 1 amide bonds. The Morgan fingerprint density at radius 2 is 1.94 bits per heavy atom. The molecule has 90 valence electrons. The largest absolute Gasteiger partial charge is 0.339 e. The van der Waals surface area contributed by atoms with Gasteiger partial charge in [-0.25, -0.2) is 0 Å². The molecule has 1 aromatic rings. The molecule has 1 fully saturated rings. The predicted octanol–water partition coefficient (Wildman–Crippen LogP) is 2.65. The number of carbonyl (C=O) groups is 1. The van der Waals surface area contributed by atoms with Crippen LogP contribution in [0.4, 0.5) is 0 Å². The van der Waals surface area contributed by atoms with Crippen molar-refractivity contribution in [2.24, 2.45) is 5.92 Å². The quantitative estimate of drug-likeness (QED) is 0.730. The number of amides is 1. The summed E-state index contributed by atoms with van der Waals surface area (Å²) in [5.41, 5.74) is 1.40. The van der Waals surface area contributed by atoms with Crippen molar-refractivity contribution >= 4 is 5.91 Å². The summed E-state index contributed by atoms with van der Waals surface area (Å²) in [7, 11) is 0. The van der Waals surface area contributed by atoms with E-state index in [1.807, 2.05) is 4.90 Å². The zero-order valence-corrected chi connectivity index (χ0v) is 10.1. The Balaban J connectivity index is 1.83. The molecule has 2 heteroatoms. The van der Waals surface area contributed by atoms with Crippen molar-refractivity contribution in [3.05, 3.63) is 48.6 Å². The van der Waals surface area contributed by atoms with E-state index >= 15 is 0 Å². The second-order valence-corrected chi connectivity index (χ2v) is 4.66. The molecule has 1 aliphatic heterocycles. The molecule has 0 unspecified atom stereocenters. The molecule has 0 bridgehead atoms. The Kier molecular flexibility index (Phi) is 3.97. The average molecular weight is 229 g/mol. The summed E-state index contributed by atoms with van der Waals surface area (Å²) in [6.45, 7) is 5.29. The molecule has 0 saturated carbocycles. The first kappa shape index (κ1) is 11.9. The normalized spacial score (nSPS) is 16.8. The van der Waals surface area contributed by atoms with Gasteiger partial charge >= 0.3 is 0 Å². The highest BCUT2D eigenvalue weighted by atomic mass is 16.2. The smallest absolute Gasteiger partial charge is 0.245 e. The Morgan fingerprint density at radius 1 is 1.29 bits per heavy atom. The summed E-state index contributed by atoms with van der Waals surface area (Å²) in [6, 6.07) is 10.6. The van der Waals surface area contributed by atoms with Crippen molar-refractivity contribution in [3.8, 4) is 0 Å². The van der Waals surface area contributed by atoms with Gasteiger partial charge in [-0.1, -0.05) is 36.9 Å². The lowest BCUT2D eigenvalue weighted by Gasteiger charge is -2.31. The Morgan fingerprint density at radius 3 is 2.53 bits per heavy atom. The molecule has 1 heterocycles. The molecule has 0 aliphatic carbocycles. The fourth-order valence-corrected chi connectivity index (χ4v) is 2.43. The van der Waals surface area contributed by atoms with Crippen LogP contribution in [0.1, 0.15) is 18.4 Å². The maximum atomic E-state index is 11.4. The minimum atomic E-state index is 0.0724. The van der Waals surface area contributed by atoms with Gasteiger partial charge in [0.25, 0.3) is 0 Å². The average Bonchev–Trinajstić information content (AvgIpc) is 2.40. The first-order valence-corrected chi connectivity index (χ1v) is 6.25. The van der Waals surface area contributed by atoms with Gasteiger partial charge in [0, 0.05) is 13.1 Å². The molecule has 1 saturated heterocycles. The van der Waals surface area contributed by atoms with Crippen molar-refractivity contribution < 1.29 is 4.79 Å². The van der Waals surface area contributed by atoms with Crippen molar-refractivity contribution in [3.63, 3.8) is 0 Å². The SMILES string of the molecule is C=CC(=O)N1CCC(Cc2ccccc2)CC1. The summed E-state index contributed by atoms with van der Waals surface area (Å²) in [4.78, 5) is 13.3. The lowest BCUT2D eigenvalue weighted by Crippen LogP contribution is -2.37. The molecule has 0 atom stereocenters. The number of nitrogens with zero attached hydrogens (tertiary/aromatic N) is 1. The van der Waals surface area contributed by atoms with Crippen molar-refractivity contribution in [1.82, 2.24) is 4.90 Å². The maximum Gasteiger partial charge on any atom is 0.245 e. The van der Waals surface area contributed by atoms with E-state index in [1.54, 1.807) is 0 Å². The van der Waals surface area contributed by atoms with Gasteiger partial charge in [-0.15, -0.1) is 0 Å². The van der Waals surface area contributed by atoms with Crippen LogP contribution in [0.25, 0.3) is 0 Å². The third-order valence-corrected chi connectivity index (χ3v) is 3.47. The number of likely N-dealkylation sites (tertiary alicyclic amines) is 1. The number of rotatable bonds is 3. The summed E-state index contributed by atoms with van der Waals surface area (Å²) in [5.74, 6) is 0.787. The highest BCUT2D eigenvalue weighted by Gasteiger charge is 2.21. The minimum Gasteiger partial charge on any atom is -0.339 e. The molecule has 2 rings (SSSR count). The second-order valence-electron chi connectivity index (χ2n) is 4.66. The van der Waals surface area contributed by atoms with Gasteiger partial charge in [0.05, 0.1) is 0 Å². The molecule has 17 heavy (non-hydrogen) atoms. The third kappa shape index (κ3) is 3.19. The highest BCUT2D eigenvalue weighted by molar-refractivity contribution is 5.87. The zero-order chi connectivity index (χ0) is 12.1. The van der Waals surface area contributed by atoms with E-state index in [1.165, 1.54) is 11.6 Å². The number of hydrogen-bond acceptors (Lipinski definition) is 1. The summed E-state index contributed by atoms with van der Waals surface area (Å²) in [6.07, 6.45) is 4.76. The van der Waals surface area contributed by atoms with Crippen LogP contribution >= 0.6 is 0 Å². The predicted molar refractivity (Wildman–Crippen MR) is 69.6 cm³/mol. The van der Waals surface area contributed by atoms with Crippen LogP contribution in [0.3, 0.4) is 0 Å². The number of hydrogen-bond donors (Lipinski definition) is 0. The van der Waals surface area contributed by atoms with Crippen LogP contribution in [-0.2, 0) is 11.2 Å². The zero-order valence-electron chi connectivity index (χ0n) is 10.1. The fraction of sp³-hybridized carbons (Fsp3) is 0.400. The van der Waals surface area contributed by atoms with Gasteiger partial charge in [0.15, 0.2) is 0 Å². The van der Waals surface area contributed by atoms with E-state index in [9.17, 15) is 4.79 Å². The fourth-order valence-electron chi connectivity index (χ4n) is 2.43. The molecule has 0 spiro atoms. The van der Waals surface area contributed by atoms with Crippen LogP contribution in [0.15, 0.2) is 43.0 Å². The van der Waals surface area contributed by atoms with Gasteiger partial charge in [0.2, 0.25) is 5.91 Å². The van der Waals surface area contributed by atoms with Gasteiger partial charge in [-0.05, 0) is 36.8 Å². The maximum absolute atomic E-state index is 11.4. The van der Waals surface area contributed by atoms with E-state index in [0.717, 1.165) is 32.4 Å². The number of benzene rings is 1. The van der Waals surface area contributed by atoms with Crippen LogP contribution in [0, 0.1) is 5.92 Å². The topological polar surface area (TPSA) is 20.3 Å². The van der Waals surface area contributed by atoms with Gasteiger partial charge in [0.1, 0.15) is 0 Å². The first-order chi connectivity index (χ1) is 8.29. The molecular weight excluding hydrogens is 210 g/mol. The van der Waals surface area contributed by atoms with Crippen LogP contribution in [0.5, 0.6) is 0 Å². The minimum absolute atomic E-state index is 0.0724. The molecule has 0 radical (unpaired) electrons. The molecule has 2 nitrogen and oxygen atoms in total. The van der Waals surface area contributed by atoms with Crippen molar-refractivity contribution in [2.45, 2.75) is 19.3 Å². The van der Waals surface area contributed by atoms with Crippen LogP contribution in [0.2, 0.25) is 0 Å². The Bertz CT molecular complexity index is 377. The van der Waals surface area contributed by atoms with Gasteiger partial charge < -0.3 is 4.90 Å². The second kappa shape index (κ2) is 5.67. The molecule has 1 aromatic carbocycles. The van der Waals surface area contributed by atoms with E-state index in [2.05, 4.69) is 36.9 Å². The van der Waals surface area contributed by atoms with E-state index < -0.39 is 0 Å². The lowest BCUT2D eigenvalue weighted by molar-refractivity contribution is -0.127. The lowest BCUT2D eigenvalue weighted by atomic mass is 9.90. The molecule has 1 aliphatic rings. The van der Waals surface area contributed by atoms with Gasteiger partial charge in [-0.3, -0.25) is 4.79 Å².